The third-order valence-electron chi connectivity index (χ3n) is 9.08. The molecular formula is C42H49N7O6. The highest BCUT2D eigenvalue weighted by Gasteiger charge is 2.32. The molecule has 0 spiro atoms. The number of aliphatic hydroxyl groups excluding tert-OH is 1. The molecule has 0 fully saturated rings. The van der Waals surface area contributed by atoms with E-state index in [2.05, 4.69) is 36.2 Å². The molecule has 13 heteroatoms. The minimum Gasteiger partial charge on any atom is -0.445 e. The highest BCUT2D eigenvalue weighted by atomic mass is 16.5. The van der Waals surface area contributed by atoms with Crippen LogP contribution in [0.1, 0.15) is 49.2 Å². The number of alkyl carbamates (subject to hydrolysis) is 1. The van der Waals surface area contributed by atoms with Crippen molar-refractivity contribution in [1.29, 1.82) is 0 Å². The number of rotatable bonds is 19. The van der Waals surface area contributed by atoms with Gasteiger partial charge in [-0.3, -0.25) is 19.4 Å². The standard InChI is InChI=1S/C42H49N7O6/c1-28(2)21-35(38(50)24-39(51)45-20-18-32-16-8-9-19-44-32)47-41(53)37(23-33-25-43-27-46-33)48-40(52)36(49-42(54)55-26-29-11-4-3-5-12-29)22-31-15-10-14-30-13-6-7-17-34(30)31/h3-17,19,25,27-28,35-38,50H,18,20-24,26H2,1-2H3,(H,43,46)(H,45,51)(H,47,53)(H,48,52)(H,49,54)/t35?,36-,37-,38?/m0/s1. The van der Waals surface area contributed by atoms with Gasteiger partial charge >= 0.3 is 6.09 Å². The van der Waals surface area contributed by atoms with E-state index >= 15 is 0 Å². The zero-order chi connectivity index (χ0) is 39.0. The molecule has 6 N–H and O–H groups in total. The van der Waals surface area contributed by atoms with E-state index in [-0.39, 0.29) is 37.7 Å². The van der Waals surface area contributed by atoms with Crippen LogP contribution < -0.4 is 21.3 Å². The number of hydrogen-bond donors (Lipinski definition) is 6. The minimum atomic E-state index is -1.20. The van der Waals surface area contributed by atoms with E-state index in [0.29, 0.717) is 25.1 Å². The van der Waals surface area contributed by atoms with Crippen LogP contribution in [0.3, 0.4) is 0 Å². The molecule has 2 aromatic heterocycles. The Bertz CT molecular complexity index is 1970. The van der Waals surface area contributed by atoms with Crippen molar-refractivity contribution in [3.8, 4) is 0 Å². The summed E-state index contributed by atoms with van der Waals surface area (Å²) in [7, 11) is 0. The van der Waals surface area contributed by atoms with Crippen molar-refractivity contribution < 1.29 is 29.0 Å². The van der Waals surface area contributed by atoms with Gasteiger partial charge in [0.1, 0.15) is 18.7 Å². The Morgan fingerprint density at radius 3 is 2.29 bits per heavy atom. The summed E-state index contributed by atoms with van der Waals surface area (Å²) in [6.07, 6.45) is 3.52. The van der Waals surface area contributed by atoms with Crippen LogP contribution in [0.15, 0.2) is 110 Å². The van der Waals surface area contributed by atoms with Gasteiger partial charge in [0.05, 0.1) is 24.9 Å². The number of nitrogens with one attached hydrogen (secondary N) is 5. The average Bonchev–Trinajstić information content (AvgIpc) is 3.70. The summed E-state index contributed by atoms with van der Waals surface area (Å²) in [5.41, 5.74) is 3.01. The number of aromatic nitrogens is 3. The van der Waals surface area contributed by atoms with Gasteiger partial charge in [0, 0.05) is 49.6 Å². The fraction of sp³-hybridized carbons (Fsp3) is 0.333. The molecule has 5 rings (SSSR count). The number of imidazole rings is 1. The summed E-state index contributed by atoms with van der Waals surface area (Å²) in [4.78, 5) is 65.5. The number of carbonyl (C=O) groups is 4. The molecule has 2 unspecified atom stereocenters. The second-order valence-corrected chi connectivity index (χ2v) is 13.9. The van der Waals surface area contributed by atoms with Crippen LogP contribution in [0.5, 0.6) is 0 Å². The van der Waals surface area contributed by atoms with Gasteiger partial charge in [-0.05, 0) is 46.4 Å². The van der Waals surface area contributed by atoms with Crippen LogP contribution in [0.4, 0.5) is 4.79 Å². The molecule has 0 aliphatic carbocycles. The molecule has 4 atom stereocenters. The van der Waals surface area contributed by atoms with Crippen LogP contribution in [-0.2, 0) is 45.0 Å². The maximum atomic E-state index is 14.2. The van der Waals surface area contributed by atoms with Gasteiger partial charge in [0.2, 0.25) is 17.7 Å². The molecule has 0 bridgehead atoms. The lowest BCUT2D eigenvalue weighted by Crippen LogP contribution is -2.57. The SMILES string of the molecule is CC(C)CC(NC(=O)[C@H](Cc1cnc[nH]1)NC(=O)[C@H](Cc1cccc2ccccc12)NC(=O)OCc1ccccc1)C(O)CC(=O)NCCc1ccccn1. The summed E-state index contributed by atoms with van der Waals surface area (Å²) in [6, 6.07) is 25.2. The van der Waals surface area contributed by atoms with E-state index < -0.39 is 42.1 Å². The fourth-order valence-corrected chi connectivity index (χ4v) is 6.29. The maximum absolute atomic E-state index is 14.2. The second kappa shape index (κ2) is 20.4. The Hall–Kier alpha value is -6.08. The smallest absolute Gasteiger partial charge is 0.408 e. The molecule has 0 radical (unpaired) electrons. The number of H-pyrrole nitrogens is 1. The lowest BCUT2D eigenvalue weighted by molar-refractivity contribution is -0.131. The van der Waals surface area contributed by atoms with Gasteiger partial charge in [-0.2, -0.15) is 0 Å². The summed E-state index contributed by atoms with van der Waals surface area (Å²) < 4.78 is 5.48. The van der Waals surface area contributed by atoms with Crippen molar-refractivity contribution in [2.75, 3.05) is 6.54 Å². The Morgan fingerprint density at radius 1 is 0.818 bits per heavy atom. The van der Waals surface area contributed by atoms with Gasteiger partial charge in [-0.15, -0.1) is 0 Å². The topological polar surface area (TPSA) is 187 Å². The van der Waals surface area contributed by atoms with Gasteiger partial charge in [0.15, 0.2) is 0 Å². The second-order valence-electron chi connectivity index (χ2n) is 13.9. The van der Waals surface area contributed by atoms with Crippen molar-refractivity contribution in [2.24, 2.45) is 5.92 Å². The number of hydrogen-bond acceptors (Lipinski definition) is 8. The Kier molecular flexibility index (Phi) is 14.9. The zero-order valence-electron chi connectivity index (χ0n) is 31.1. The van der Waals surface area contributed by atoms with E-state index in [9.17, 15) is 24.3 Å². The van der Waals surface area contributed by atoms with Crippen LogP contribution in [-0.4, -0.2) is 74.6 Å². The quantitative estimate of drug-likeness (QED) is 0.0727. The van der Waals surface area contributed by atoms with Crippen molar-refractivity contribution >= 4 is 34.6 Å². The predicted molar refractivity (Wildman–Crippen MR) is 208 cm³/mol. The number of aromatic amines is 1. The third-order valence-corrected chi connectivity index (χ3v) is 9.08. The lowest BCUT2D eigenvalue weighted by Gasteiger charge is -2.29. The molecule has 2 heterocycles. The van der Waals surface area contributed by atoms with Crippen LogP contribution in [0.25, 0.3) is 10.8 Å². The number of benzene rings is 3. The maximum Gasteiger partial charge on any atom is 0.408 e. The van der Waals surface area contributed by atoms with Crippen molar-refractivity contribution in [1.82, 2.24) is 36.2 Å². The molecule has 3 aromatic carbocycles. The Labute approximate surface area is 320 Å². The molecule has 0 saturated carbocycles. The summed E-state index contributed by atoms with van der Waals surface area (Å²) in [5.74, 6) is -1.49. The Balaban J connectivity index is 1.30. The molecule has 288 valence electrons. The molecule has 5 aromatic rings. The highest BCUT2D eigenvalue weighted by Crippen LogP contribution is 2.20. The lowest BCUT2D eigenvalue weighted by atomic mass is 9.96. The number of aliphatic hydroxyl groups is 1. The van der Waals surface area contributed by atoms with E-state index in [1.165, 1.54) is 6.33 Å². The van der Waals surface area contributed by atoms with Crippen LogP contribution in [0, 0.1) is 5.92 Å². The van der Waals surface area contributed by atoms with E-state index in [1.54, 1.807) is 12.4 Å². The molecule has 4 amide bonds. The highest BCUT2D eigenvalue weighted by molar-refractivity contribution is 5.93. The van der Waals surface area contributed by atoms with Crippen molar-refractivity contribution in [2.45, 2.75) is 76.8 Å². The van der Waals surface area contributed by atoms with Gasteiger partial charge in [-0.1, -0.05) is 92.7 Å². The van der Waals surface area contributed by atoms with E-state index in [1.807, 2.05) is 105 Å². The predicted octanol–water partition coefficient (Wildman–Crippen LogP) is 4.16. The van der Waals surface area contributed by atoms with E-state index in [0.717, 1.165) is 27.6 Å². The number of carbonyl (C=O) groups excluding carboxylic acids is 4. The summed E-state index contributed by atoms with van der Waals surface area (Å²) >= 11 is 0. The minimum absolute atomic E-state index is 0.00194. The fourth-order valence-electron chi connectivity index (χ4n) is 6.29. The number of ether oxygens (including phenoxy) is 1. The summed E-state index contributed by atoms with van der Waals surface area (Å²) in [5, 5.41) is 24.4. The monoisotopic (exact) mass is 747 g/mol. The molecule has 0 aliphatic rings. The first-order valence-corrected chi connectivity index (χ1v) is 18.5. The normalized spacial score (nSPS) is 13.3. The number of amides is 4. The first-order chi connectivity index (χ1) is 26.6. The van der Waals surface area contributed by atoms with E-state index in [4.69, 9.17) is 4.74 Å². The van der Waals surface area contributed by atoms with Crippen LogP contribution in [0.2, 0.25) is 0 Å². The molecule has 0 saturated heterocycles. The number of fused-ring (bicyclic) bond motifs is 1. The van der Waals surface area contributed by atoms with Gasteiger partial charge in [-0.25, -0.2) is 9.78 Å². The van der Waals surface area contributed by atoms with Gasteiger partial charge < -0.3 is 36.1 Å². The number of nitrogens with zero attached hydrogens (tertiary/aromatic N) is 2. The van der Waals surface area contributed by atoms with Crippen molar-refractivity contribution in [3.63, 3.8) is 0 Å². The molecule has 55 heavy (non-hydrogen) atoms. The molecule has 13 nitrogen and oxygen atoms in total. The molecular weight excluding hydrogens is 699 g/mol. The first kappa shape index (κ1) is 40.1. The first-order valence-electron chi connectivity index (χ1n) is 18.5. The molecule has 0 aliphatic heterocycles. The van der Waals surface area contributed by atoms with Crippen molar-refractivity contribution in [3.05, 3.63) is 132 Å². The third kappa shape index (κ3) is 12.8. The number of pyridine rings is 1. The zero-order valence-corrected chi connectivity index (χ0v) is 31.1. The summed E-state index contributed by atoms with van der Waals surface area (Å²) in [6.45, 7) is 4.24. The Morgan fingerprint density at radius 2 is 1.55 bits per heavy atom. The van der Waals surface area contributed by atoms with Gasteiger partial charge in [0.25, 0.3) is 0 Å². The largest absolute Gasteiger partial charge is 0.445 e. The van der Waals surface area contributed by atoms with Crippen LogP contribution >= 0.6 is 0 Å². The average molecular weight is 748 g/mol.